The van der Waals surface area contributed by atoms with Crippen molar-refractivity contribution in [1.29, 1.82) is 0 Å². The van der Waals surface area contributed by atoms with Crippen LogP contribution in [0.4, 0.5) is 13.2 Å². The molecule has 0 radical (unpaired) electrons. The van der Waals surface area contributed by atoms with Crippen molar-refractivity contribution in [1.82, 2.24) is 9.88 Å². The van der Waals surface area contributed by atoms with Crippen LogP contribution in [0, 0.1) is 0 Å². The summed E-state index contributed by atoms with van der Waals surface area (Å²) < 4.78 is 68.3. The summed E-state index contributed by atoms with van der Waals surface area (Å²) in [5.74, 6) is -0.142. The van der Waals surface area contributed by atoms with Crippen LogP contribution in [0.5, 0.6) is 0 Å². The Morgan fingerprint density at radius 2 is 1.96 bits per heavy atom. The standard InChI is InChI=1S/C14H15F3N2O3S/c15-14(16,17)13-3-1-2-11(8-13)4-6-19-23(20,21)7-5-12-9-18-22-10-12/h1-3,8-10,19H,4-7H2. The predicted octanol–water partition coefficient (Wildman–Crippen LogP) is 2.40. The van der Waals surface area contributed by atoms with E-state index in [9.17, 15) is 21.6 Å². The van der Waals surface area contributed by atoms with Crippen molar-refractivity contribution in [2.75, 3.05) is 12.3 Å². The maximum Gasteiger partial charge on any atom is 0.416 e. The molecule has 0 aliphatic heterocycles. The molecule has 0 saturated carbocycles. The maximum absolute atomic E-state index is 12.6. The van der Waals surface area contributed by atoms with E-state index in [0.717, 1.165) is 12.1 Å². The zero-order chi connectivity index (χ0) is 16.9. The zero-order valence-electron chi connectivity index (χ0n) is 12.0. The lowest BCUT2D eigenvalue weighted by Crippen LogP contribution is -2.29. The minimum Gasteiger partial charge on any atom is -0.364 e. The Morgan fingerprint density at radius 1 is 1.17 bits per heavy atom. The van der Waals surface area contributed by atoms with Gasteiger partial charge in [0, 0.05) is 12.1 Å². The molecular weight excluding hydrogens is 333 g/mol. The van der Waals surface area contributed by atoms with Crippen molar-refractivity contribution in [3.8, 4) is 0 Å². The van der Waals surface area contributed by atoms with Crippen LogP contribution in [0.15, 0.2) is 41.2 Å². The smallest absolute Gasteiger partial charge is 0.364 e. The van der Waals surface area contributed by atoms with Crippen LogP contribution in [-0.2, 0) is 29.0 Å². The SMILES string of the molecule is O=S(=O)(CCc1cnoc1)NCCc1cccc(C(F)(F)F)c1. The zero-order valence-corrected chi connectivity index (χ0v) is 12.8. The lowest BCUT2D eigenvalue weighted by Gasteiger charge is -2.09. The lowest BCUT2D eigenvalue weighted by molar-refractivity contribution is -0.137. The van der Waals surface area contributed by atoms with Gasteiger partial charge in [-0.1, -0.05) is 23.4 Å². The van der Waals surface area contributed by atoms with Gasteiger partial charge in [0.25, 0.3) is 0 Å². The summed E-state index contributed by atoms with van der Waals surface area (Å²) in [6.45, 7) is 0.0350. The first-order valence-corrected chi connectivity index (χ1v) is 8.43. The molecule has 0 aliphatic rings. The molecule has 1 aromatic heterocycles. The molecule has 0 unspecified atom stereocenters. The third kappa shape index (κ3) is 5.68. The summed E-state index contributed by atoms with van der Waals surface area (Å²) >= 11 is 0. The van der Waals surface area contributed by atoms with Gasteiger partial charge in [0.15, 0.2) is 0 Å². The average molecular weight is 348 g/mol. The maximum atomic E-state index is 12.6. The van der Waals surface area contributed by atoms with Gasteiger partial charge in [0.1, 0.15) is 6.26 Å². The van der Waals surface area contributed by atoms with Gasteiger partial charge < -0.3 is 4.52 Å². The number of hydrogen-bond acceptors (Lipinski definition) is 4. The Labute approximate surface area is 131 Å². The number of hydrogen-bond donors (Lipinski definition) is 1. The summed E-state index contributed by atoms with van der Waals surface area (Å²) in [4.78, 5) is 0. The number of nitrogens with zero attached hydrogens (tertiary/aromatic N) is 1. The average Bonchev–Trinajstić information content (AvgIpc) is 2.98. The predicted molar refractivity (Wildman–Crippen MR) is 77.1 cm³/mol. The fourth-order valence-corrected chi connectivity index (χ4v) is 2.99. The van der Waals surface area contributed by atoms with E-state index in [1.165, 1.54) is 24.6 Å². The van der Waals surface area contributed by atoms with E-state index >= 15 is 0 Å². The topological polar surface area (TPSA) is 72.2 Å². The van der Waals surface area contributed by atoms with E-state index in [1.54, 1.807) is 0 Å². The number of aromatic nitrogens is 1. The Balaban J connectivity index is 1.84. The molecule has 0 atom stereocenters. The molecule has 2 rings (SSSR count). The van der Waals surface area contributed by atoms with Gasteiger partial charge in [-0.15, -0.1) is 0 Å². The van der Waals surface area contributed by atoms with E-state index in [0.29, 0.717) is 11.1 Å². The molecule has 0 spiro atoms. The van der Waals surface area contributed by atoms with Crippen LogP contribution in [0.25, 0.3) is 0 Å². The number of nitrogens with one attached hydrogen (secondary N) is 1. The highest BCUT2D eigenvalue weighted by Crippen LogP contribution is 2.29. The van der Waals surface area contributed by atoms with Crippen LogP contribution < -0.4 is 4.72 Å². The molecule has 1 heterocycles. The third-order valence-electron chi connectivity index (χ3n) is 3.13. The Hall–Kier alpha value is -1.87. The number of benzene rings is 1. The minimum atomic E-state index is -4.41. The van der Waals surface area contributed by atoms with E-state index < -0.39 is 21.8 Å². The molecular formula is C14H15F3N2O3S. The van der Waals surface area contributed by atoms with Gasteiger partial charge in [-0.2, -0.15) is 13.2 Å². The highest BCUT2D eigenvalue weighted by molar-refractivity contribution is 7.89. The van der Waals surface area contributed by atoms with Crippen molar-refractivity contribution in [3.05, 3.63) is 53.4 Å². The second-order valence-electron chi connectivity index (χ2n) is 4.94. The van der Waals surface area contributed by atoms with E-state index in [4.69, 9.17) is 0 Å². The van der Waals surface area contributed by atoms with Crippen molar-refractivity contribution in [3.63, 3.8) is 0 Å². The Kier molecular flexibility index (Phi) is 5.42. The van der Waals surface area contributed by atoms with Gasteiger partial charge in [-0.05, 0) is 24.5 Å². The molecule has 126 valence electrons. The van der Waals surface area contributed by atoms with Gasteiger partial charge in [-0.25, -0.2) is 13.1 Å². The Morgan fingerprint density at radius 3 is 2.61 bits per heavy atom. The number of alkyl halides is 3. The fraction of sp³-hybridized carbons (Fsp3) is 0.357. The van der Waals surface area contributed by atoms with Gasteiger partial charge in [0.2, 0.25) is 10.0 Å². The highest BCUT2D eigenvalue weighted by Gasteiger charge is 2.30. The van der Waals surface area contributed by atoms with Gasteiger partial charge >= 0.3 is 6.18 Å². The summed E-state index contributed by atoms with van der Waals surface area (Å²) in [7, 11) is -3.51. The summed E-state index contributed by atoms with van der Waals surface area (Å²) in [6, 6.07) is 4.83. The van der Waals surface area contributed by atoms with Crippen molar-refractivity contribution in [2.45, 2.75) is 19.0 Å². The first-order valence-electron chi connectivity index (χ1n) is 6.78. The number of aryl methyl sites for hydroxylation is 1. The molecule has 1 aromatic carbocycles. The molecule has 0 amide bonds. The molecule has 1 N–H and O–H groups in total. The van der Waals surface area contributed by atoms with E-state index in [1.807, 2.05) is 0 Å². The van der Waals surface area contributed by atoms with E-state index in [-0.39, 0.29) is 25.1 Å². The molecule has 2 aromatic rings. The second-order valence-corrected chi connectivity index (χ2v) is 6.87. The first kappa shape index (κ1) is 17.5. The van der Waals surface area contributed by atoms with E-state index in [2.05, 4.69) is 14.4 Å². The molecule has 9 heteroatoms. The number of sulfonamides is 1. The monoisotopic (exact) mass is 348 g/mol. The van der Waals surface area contributed by atoms with Crippen LogP contribution in [0.3, 0.4) is 0 Å². The minimum absolute atomic E-state index is 0.0350. The highest BCUT2D eigenvalue weighted by atomic mass is 32.2. The number of rotatable bonds is 7. The first-order chi connectivity index (χ1) is 10.8. The van der Waals surface area contributed by atoms with Crippen LogP contribution in [0.2, 0.25) is 0 Å². The largest absolute Gasteiger partial charge is 0.416 e. The second kappa shape index (κ2) is 7.14. The van der Waals surface area contributed by atoms with Crippen LogP contribution >= 0.6 is 0 Å². The van der Waals surface area contributed by atoms with Crippen LogP contribution in [-0.4, -0.2) is 25.9 Å². The van der Waals surface area contributed by atoms with Crippen LogP contribution in [0.1, 0.15) is 16.7 Å². The van der Waals surface area contributed by atoms with Gasteiger partial charge in [0.05, 0.1) is 17.5 Å². The normalized spacial score (nSPS) is 12.5. The third-order valence-corrected chi connectivity index (χ3v) is 4.52. The molecule has 0 bridgehead atoms. The Bertz CT molecular complexity index is 728. The quantitative estimate of drug-likeness (QED) is 0.834. The van der Waals surface area contributed by atoms with Crippen molar-refractivity contribution in [2.24, 2.45) is 0 Å². The molecule has 5 nitrogen and oxygen atoms in total. The fourth-order valence-electron chi connectivity index (χ4n) is 1.93. The van der Waals surface area contributed by atoms with Crippen molar-refractivity contribution < 1.29 is 26.1 Å². The summed E-state index contributed by atoms with van der Waals surface area (Å²) in [5.41, 5.74) is 0.333. The molecule has 0 fully saturated rings. The molecule has 23 heavy (non-hydrogen) atoms. The van der Waals surface area contributed by atoms with Crippen molar-refractivity contribution >= 4 is 10.0 Å². The lowest BCUT2D eigenvalue weighted by atomic mass is 10.1. The van der Waals surface area contributed by atoms with Gasteiger partial charge in [-0.3, -0.25) is 0 Å². The molecule has 0 aliphatic carbocycles. The number of halogens is 3. The molecule has 0 saturated heterocycles. The summed E-state index contributed by atoms with van der Waals surface area (Å²) in [6.07, 6.45) is -1.19. The summed E-state index contributed by atoms with van der Waals surface area (Å²) in [5, 5.41) is 3.47.